The summed E-state index contributed by atoms with van der Waals surface area (Å²) in [7, 11) is 0. The fraction of sp³-hybridized carbons (Fsp3) is 0.467. The highest BCUT2D eigenvalue weighted by Crippen LogP contribution is 2.19. The van der Waals surface area contributed by atoms with Crippen molar-refractivity contribution in [3.8, 4) is 0 Å². The van der Waals surface area contributed by atoms with Gasteiger partial charge in [0.15, 0.2) is 0 Å². The van der Waals surface area contributed by atoms with E-state index in [1.54, 1.807) is 6.08 Å². The predicted octanol–water partition coefficient (Wildman–Crippen LogP) is 2.19. The zero-order valence-corrected chi connectivity index (χ0v) is 13.4. The number of carboxylic acids is 1. The molecule has 2 N–H and O–H groups in total. The minimum atomic E-state index is -0.953. The van der Waals surface area contributed by atoms with Crippen molar-refractivity contribution < 1.29 is 14.7 Å². The van der Waals surface area contributed by atoms with E-state index in [1.807, 2.05) is 37.8 Å². The first-order valence-corrected chi connectivity index (χ1v) is 7.73. The second-order valence-corrected chi connectivity index (χ2v) is 6.20. The van der Waals surface area contributed by atoms with E-state index in [-0.39, 0.29) is 11.9 Å². The van der Waals surface area contributed by atoms with E-state index in [2.05, 4.69) is 5.32 Å². The average Bonchev–Trinajstić information content (AvgIpc) is 2.82. The molecular formula is C15H22N2O3S. The van der Waals surface area contributed by atoms with Gasteiger partial charge < -0.3 is 10.4 Å². The molecule has 0 spiro atoms. The number of amides is 1. The molecular weight excluding hydrogens is 288 g/mol. The lowest BCUT2D eigenvalue weighted by Gasteiger charge is -2.19. The Morgan fingerprint density at radius 3 is 2.71 bits per heavy atom. The molecule has 0 unspecified atom stereocenters. The van der Waals surface area contributed by atoms with Crippen molar-refractivity contribution in [1.82, 2.24) is 10.2 Å². The van der Waals surface area contributed by atoms with Gasteiger partial charge in [0.1, 0.15) is 0 Å². The molecule has 0 fully saturated rings. The molecule has 0 aliphatic heterocycles. The first-order chi connectivity index (χ1) is 9.90. The van der Waals surface area contributed by atoms with E-state index in [0.717, 1.165) is 22.4 Å². The quantitative estimate of drug-likeness (QED) is 0.722. The van der Waals surface area contributed by atoms with Crippen LogP contribution in [0.2, 0.25) is 0 Å². The second kappa shape index (κ2) is 8.59. The number of hydrogen-bond donors (Lipinski definition) is 2. The average molecular weight is 310 g/mol. The van der Waals surface area contributed by atoms with E-state index in [1.165, 1.54) is 11.3 Å². The summed E-state index contributed by atoms with van der Waals surface area (Å²) in [6.07, 6.45) is 2.71. The smallest absolute Gasteiger partial charge is 0.328 e. The van der Waals surface area contributed by atoms with E-state index in [0.29, 0.717) is 13.1 Å². The number of carboxylic acid groups (broad SMARTS) is 1. The van der Waals surface area contributed by atoms with Crippen LogP contribution in [0.5, 0.6) is 0 Å². The number of aliphatic carboxylic acids is 1. The molecule has 0 bridgehead atoms. The van der Waals surface area contributed by atoms with Gasteiger partial charge >= 0.3 is 5.97 Å². The molecule has 1 heterocycles. The number of carbonyl (C=O) groups is 2. The number of likely N-dealkylation sites (N-methyl/N-ethyl adjacent to an activating group) is 1. The van der Waals surface area contributed by atoms with E-state index < -0.39 is 5.97 Å². The van der Waals surface area contributed by atoms with Gasteiger partial charge in [-0.15, -0.1) is 11.3 Å². The third-order valence-corrected chi connectivity index (χ3v) is 3.75. The number of nitrogens with zero attached hydrogens (tertiary/aromatic N) is 1. The molecule has 0 aromatic carbocycles. The van der Waals surface area contributed by atoms with Crippen LogP contribution >= 0.6 is 11.3 Å². The van der Waals surface area contributed by atoms with E-state index >= 15 is 0 Å². The topological polar surface area (TPSA) is 69.6 Å². The number of thiophene rings is 1. The van der Waals surface area contributed by atoms with Crippen LogP contribution in [-0.2, 0) is 16.1 Å². The first-order valence-electron chi connectivity index (χ1n) is 6.92. The molecule has 21 heavy (non-hydrogen) atoms. The monoisotopic (exact) mass is 310 g/mol. The fourth-order valence-electron chi connectivity index (χ4n) is 1.79. The Labute approximate surface area is 129 Å². The van der Waals surface area contributed by atoms with Crippen LogP contribution < -0.4 is 5.32 Å². The molecule has 6 heteroatoms. The summed E-state index contributed by atoms with van der Waals surface area (Å²) < 4.78 is 0. The molecule has 1 rings (SSSR count). The highest BCUT2D eigenvalue weighted by Gasteiger charge is 2.11. The van der Waals surface area contributed by atoms with Gasteiger partial charge in [-0.05, 0) is 38.6 Å². The maximum Gasteiger partial charge on any atom is 0.328 e. The first kappa shape index (κ1) is 17.4. The van der Waals surface area contributed by atoms with Crippen LogP contribution in [-0.4, -0.2) is 41.0 Å². The Bertz CT molecular complexity index is 509. The van der Waals surface area contributed by atoms with Crippen LogP contribution in [0, 0.1) is 0 Å². The van der Waals surface area contributed by atoms with Crippen molar-refractivity contribution in [2.75, 3.05) is 13.1 Å². The third-order valence-electron chi connectivity index (χ3n) is 2.72. The van der Waals surface area contributed by atoms with Crippen LogP contribution in [0.3, 0.4) is 0 Å². The van der Waals surface area contributed by atoms with E-state index in [9.17, 15) is 9.59 Å². The lowest BCUT2D eigenvalue weighted by atomic mass is 10.3. The van der Waals surface area contributed by atoms with Gasteiger partial charge in [0, 0.05) is 28.4 Å². The number of hydrogen-bond acceptors (Lipinski definition) is 4. The summed E-state index contributed by atoms with van der Waals surface area (Å²) in [5, 5.41) is 11.5. The predicted molar refractivity (Wildman–Crippen MR) is 85.2 cm³/mol. The molecule has 0 aliphatic carbocycles. The summed E-state index contributed by atoms with van der Waals surface area (Å²) in [5.74, 6) is -0.931. The Balaban J connectivity index is 2.57. The lowest BCUT2D eigenvalue weighted by Crippen LogP contribution is -2.39. The van der Waals surface area contributed by atoms with Gasteiger partial charge in [0.25, 0.3) is 0 Å². The van der Waals surface area contributed by atoms with Gasteiger partial charge in [-0.1, -0.05) is 6.92 Å². The van der Waals surface area contributed by atoms with Crippen molar-refractivity contribution >= 4 is 29.3 Å². The molecule has 0 aliphatic rings. The summed E-state index contributed by atoms with van der Waals surface area (Å²) in [6, 6.07) is 4.00. The van der Waals surface area contributed by atoms with Crippen LogP contribution in [0.1, 0.15) is 30.5 Å². The van der Waals surface area contributed by atoms with E-state index in [4.69, 9.17) is 5.11 Å². The Morgan fingerprint density at radius 1 is 1.43 bits per heavy atom. The van der Waals surface area contributed by atoms with Crippen molar-refractivity contribution in [3.63, 3.8) is 0 Å². The Kier molecular flexibility index (Phi) is 7.11. The minimum absolute atomic E-state index is 0.0226. The van der Waals surface area contributed by atoms with Crippen molar-refractivity contribution in [3.05, 3.63) is 28.0 Å². The van der Waals surface area contributed by atoms with Crippen molar-refractivity contribution in [2.45, 2.75) is 33.4 Å². The minimum Gasteiger partial charge on any atom is -0.478 e. The molecule has 5 nitrogen and oxygen atoms in total. The highest BCUT2D eigenvalue weighted by atomic mass is 32.1. The van der Waals surface area contributed by atoms with Crippen LogP contribution in [0.25, 0.3) is 6.08 Å². The largest absolute Gasteiger partial charge is 0.478 e. The zero-order chi connectivity index (χ0) is 15.8. The molecule has 0 radical (unpaired) electrons. The number of carbonyl (C=O) groups excluding carboxylic acids is 1. The van der Waals surface area contributed by atoms with Gasteiger partial charge in [0.2, 0.25) is 5.91 Å². The molecule has 0 atom stereocenters. The van der Waals surface area contributed by atoms with Gasteiger partial charge in [-0.25, -0.2) is 4.79 Å². The molecule has 0 saturated heterocycles. The normalized spacial score (nSPS) is 11.5. The van der Waals surface area contributed by atoms with Gasteiger partial charge in [-0.3, -0.25) is 9.69 Å². The maximum atomic E-state index is 11.8. The second-order valence-electron chi connectivity index (χ2n) is 5.00. The molecule has 1 aromatic rings. The van der Waals surface area contributed by atoms with Gasteiger partial charge in [-0.2, -0.15) is 0 Å². The van der Waals surface area contributed by atoms with Crippen LogP contribution in [0.4, 0.5) is 0 Å². The summed E-state index contributed by atoms with van der Waals surface area (Å²) in [5.41, 5.74) is 0. The standard InChI is InChI=1S/C15H22N2O3S/c1-4-17(10-14(18)16-11(2)3)9-13-6-5-12(21-13)7-8-15(19)20/h5-8,11H,4,9-10H2,1-3H3,(H,16,18)(H,19,20). The number of rotatable bonds is 8. The Morgan fingerprint density at radius 2 is 2.14 bits per heavy atom. The Hall–Kier alpha value is -1.66. The fourth-order valence-corrected chi connectivity index (χ4v) is 2.75. The zero-order valence-electron chi connectivity index (χ0n) is 12.6. The summed E-state index contributed by atoms with van der Waals surface area (Å²) >= 11 is 1.54. The third kappa shape index (κ3) is 7.06. The summed E-state index contributed by atoms with van der Waals surface area (Å²) in [4.78, 5) is 26.3. The SMILES string of the molecule is CCN(CC(=O)NC(C)C)Cc1ccc(C=CC(=O)O)s1. The highest BCUT2D eigenvalue weighted by molar-refractivity contribution is 7.12. The lowest BCUT2D eigenvalue weighted by molar-refractivity contribution is -0.131. The van der Waals surface area contributed by atoms with Crippen molar-refractivity contribution in [1.29, 1.82) is 0 Å². The molecule has 0 saturated carbocycles. The molecule has 1 amide bonds. The maximum absolute atomic E-state index is 11.8. The van der Waals surface area contributed by atoms with Crippen molar-refractivity contribution in [2.24, 2.45) is 0 Å². The number of nitrogens with one attached hydrogen (secondary N) is 1. The molecule has 1 aromatic heterocycles. The summed E-state index contributed by atoms with van der Waals surface area (Å²) in [6.45, 7) is 7.73. The van der Waals surface area contributed by atoms with Gasteiger partial charge in [0.05, 0.1) is 6.54 Å². The molecule has 116 valence electrons. The van der Waals surface area contributed by atoms with Crippen LogP contribution in [0.15, 0.2) is 18.2 Å².